The summed E-state index contributed by atoms with van der Waals surface area (Å²) in [5.41, 5.74) is 4.18. The second-order valence-corrected chi connectivity index (χ2v) is 7.65. The lowest BCUT2D eigenvalue weighted by Gasteiger charge is -2.44. The molecule has 0 spiro atoms. The Morgan fingerprint density at radius 3 is 2.33 bits per heavy atom. The molecule has 1 aliphatic heterocycles. The highest BCUT2D eigenvalue weighted by atomic mass is 16.6. The molecule has 1 N–H and O–H groups in total. The number of fused-ring (bicyclic) bond motifs is 3. The molecular formula is C22H25NO4. The topological polar surface area (TPSA) is 59.0 Å². The van der Waals surface area contributed by atoms with Gasteiger partial charge in [-0.3, -0.25) is 4.90 Å². The lowest BCUT2D eigenvalue weighted by atomic mass is 9.96. The van der Waals surface area contributed by atoms with E-state index in [1.165, 1.54) is 22.3 Å². The van der Waals surface area contributed by atoms with Crippen molar-refractivity contribution in [3.63, 3.8) is 0 Å². The van der Waals surface area contributed by atoms with E-state index in [-0.39, 0.29) is 19.1 Å². The first-order valence-electron chi connectivity index (χ1n) is 9.39. The number of ether oxygens (including phenoxy) is 2. The van der Waals surface area contributed by atoms with Crippen molar-refractivity contribution in [1.82, 2.24) is 4.90 Å². The first-order valence-corrected chi connectivity index (χ1v) is 9.39. The highest BCUT2D eigenvalue weighted by Crippen LogP contribution is 2.44. The number of morpholine rings is 1. The molecule has 27 heavy (non-hydrogen) atoms. The molecule has 1 saturated heterocycles. The van der Waals surface area contributed by atoms with E-state index in [4.69, 9.17) is 9.47 Å². The van der Waals surface area contributed by atoms with Gasteiger partial charge in [0.2, 0.25) is 0 Å². The number of hydrogen-bond acceptors (Lipinski definition) is 4. The lowest BCUT2D eigenvalue weighted by Crippen LogP contribution is -2.60. The number of carbonyl (C=O) groups is 1. The monoisotopic (exact) mass is 367 g/mol. The van der Waals surface area contributed by atoms with E-state index in [1.54, 1.807) is 4.90 Å². The van der Waals surface area contributed by atoms with Gasteiger partial charge >= 0.3 is 6.09 Å². The molecule has 1 aliphatic carbocycles. The molecule has 2 aromatic carbocycles. The zero-order valence-corrected chi connectivity index (χ0v) is 15.7. The molecule has 1 amide bonds. The van der Waals surface area contributed by atoms with Gasteiger partial charge in [-0.1, -0.05) is 48.5 Å². The summed E-state index contributed by atoms with van der Waals surface area (Å²) >= 11 is 0. The Hall–Kier alpha value is -2.37. The molecule has 0 saturated carbocycles. The van der Waals surface area contributed by atoms with Crippen LogP contribution in [0.5, 0.6) is 0 Å². The summed E-state index contributed by atoms with van der Waals surface area (Å²) in [7, 11) is 0. The van der Waals surface area contributed by atoms with Crippen molar-refractivity contribution < 1.29 is 19.4 Å². The van der Waals surface area contributed by atoms with Gasteiger partial charge in [0.05, 0.1) is 24.9 Å². The van der Waals surface area contributed by atoms with Crippen LogP contribution >= 0.6 is 0 Å². The molecule has 2 aliphatic rings. The number of amides is 1. The minimum absolute atomic E-state index is 0.0305. The Morgan fingerprint density at radius 1 is 1.15 bits per heavy atom. The Morgan fingerprint density at radius 2 is 1.74 bits per heavy atom. The summed E-state index contributed by atoms with van der Waals surface area (Å²) in [6.45, 7) is 4.76. The number of rotatable bonds is 3. The van der Waals surface area contributed by atoms with Crippen molar-refractivity contribution in [3.8, 4) is 11.1 Å². The Bertz CT molecular complexity index is 802. The summed E-state index contributed by atoms with van der Waals surface area (Å²) < 4.78 is 11.4. The van der Waals surface area contributed by atoms with Gasteiger partial charge in [-0.25, -0.2) is 4.79 Å². The van der Waals surface area contributed by atoms with E-state index in [0.29, 0.717) is 13.2 Å². The number of aliphatic hydroxyl groups is 1. The zero-order valence-electron chi connectivity index (χ0n) is 15.7. The van der Waals surface area contributed by atoms with E-state index in [1.807, 2.05) is 38.1 Å². The standard InChI is InChI=1S/C22H25NO4/c1-22(2)20(13-24)23(11-12-27-22)21(25)26-14-19-17-9-5-3-7-15(17)16-8-4-6-10-18(16)19/h3-10,19-20,24H,11-14H2,1-2H3. The fourth-order valence-corrected chi connectivity index (χ4v) is 4.25. The number of aliphatic hydroxyl groups excluding tert-OH is 1. The molecule has 0 bridgehead atoms. The second kappa shape index (κ2) is 6.98. The quantitative estimate of drug-likeness (QED) is 0.903. The largest absolute Gasteiger partial charge is 0.448 e. The van der Waals surface area contributed by atoms with Gasteiger partial charge in [0.15, 0.2) is 0 Å². The van der Waals surface area contributed by atoms with Gasteiger partial charge in [-0.15, -0.1) is 0 Å². The third kappa shape index (κ3) is 3.11. The molecule has 1 atom stereocenters. The number of benzene rings is 2. The first kappa shape index (κ1) is 18.0. The van der Waals surface area contributed by atoms with Crippen LogP contribution in [0.1, 0.15) is 30.9 Å². The van der Waals surface area contributed by atoms with Crippen LogP contribution < -0.4 is 0 Å². The maximum atomic E-state index is 12.8. The zero-order chi connectivity index (χ0) is 19.0. The number of nitrogens with zero attached hydrogens (tertiary/aromatic N) is 1. The maximum Gasteiger partial charge on any atom is 0.410 e. The van der Waals surface area contributed by atoms with Crippen molar-refractivity contribution >= 4 is 6.09 Å². The van der Waals surface area contributed by atoms with Crippen molar-refractivity contribution in [2.75, 3.05) is 26.4 Å². The van der Waals surface area contributed by atoms with Gasteiger partial charge in [0.25, 0.3) is 0 Å². The van der Waals surface area contributed by atoms with Crippen LogP contribution in [-0.2, 0) is 9.47 Å². The summed E-state index contributed by atoms with van der Waals surface area (Å²) in [5.74, 6) is 0.0305. The third-order valence-corrected chi connectivity index (χ3v) is 5.73. The molecule has 0 radical (unpaired) electrons. The smallest absolute Gasteiger partial charge is 0.410 e. The summed E-state index contributed by atoms with van der Waals surface area (Å²) in [6.07, 6.45) is -0.396. The van der Waals surface area contributed by atoms with E-state index in [2.05, 4.69) is 24.3 Å². The molecule has 0 aromatic heterocycles. The number of carbonyl (C=O) groups excluding carboxylic acids is 1. The highest BCUT2D eigenvalue weighted by Gasteiger charge is 2.41. The molecule has 2 aromatic rings. The summed E-state index contributed by atoms with van der Waals surface area (Å²) in [6, 6.07) is 16.1. The number of hydrogen-bond donors (Lipinski definition) is 1. The summed E-state index contributed by atoms with van der Waals surface area (Å²) in [4.78, 5) is 14.4. The highest BCUT2D eigenvalue weighted by molar-refractivity contribution is 5.79. The van der Waals surface area contributed by atoms with Crippen LogP contribution in [0.2, 0.25) is 0 Å². The van der Waals surface area contributed by atoms with E-state index < -0.39 is 17.7 Å². The van der Waals surface area contributed by atoms with Crippen LogP contribution in [0.25, 0.3) is 11.1 Å². The van der Waals surface area contributed by atoms with Crippen LogP contribution in [-0.4, -0.2) is 54.1 Å². The van der Waals surface area contributed by atoms with Gasteiger partial charge in [-0.05, 0) is 36.1 Å². The van der Waals surface area contributed by atoms with E-state index in [9.17, 15) is 9.90 Å². The molecule has 142 valence electrons. The molecule has 1 fully saturated rings. The first-order chi connectivity index (χ1) is 13.0. The minimum Gasteiger partial charge on any atom is -0.448 e. The predicted molar refractivity (Wildman–Crippen MR) is 103 cm³/mol. The van der Waals surface area contributed by atoms with Crippen molar-refractivity contribution in [1.29, 1.82) is 0 Å². The lowest BCUT2D eigenvalue weighted by molar-refractivity contribution is -0.130. The van der Waals surface area contributed by atoms with Gasteiger partial charge in [-0.2, -0.15) is 0 Å². The van der Waals surface area contributed by atoms with Crippen LogP contribution in [0, 0.1) is 0 Å². The molecule has 1 unspecified atom stereocenters. The Labute approximate surface area is 159 Å². The molecule has 5 heteroatoms. The van der Waals surface area contributed by atoms with Gasteiger partial charge in [0, 0.05) is 12.5 Å². The third-order valence-electron chi connectivity index (χ3n) is 5.73. The van der Waals surface area contributed by atoms with Gasteiger partial charge in [0.1, 0.15) is 6.61 Å². The Kier molecular flexibility index (Phi) is 4.66. The van der Waals surface area contributed by atoms with Crippen molar-refractivity contribution in [3.05, 3.63) is 59.7 Å². The van der Waals surface area contributed by atoms with Gasteiger partial charge < -0.3 is 14.6 Å². The second-order valence-electron chi connectivity index (χ2n) is 7.65. The molecule has 1 heterocycles. The van der Waals surface area contributed by atoms with Crippen LogP contribution in [0.3, 0.4) is 0 Å². The summed E-state index contributed by atoms with van der Waals surface area (Å²) in [5, 5.41) is 9.76. The van der Waals surface area contributed by atoms with E-state index >= 15 is 0 Å². The normalized spacial score (nSPS) is 20.9. The maximum absolute atomic E-state index is 12.8. The molecular weight excluding hydrogens is 342 g/mol. The van der Waals surface area contributed by atoms with Crippen molar-refractivity contribution in [2.24, 2.45) is 0 Å². The minimum atomic E-state index is -0.599. The SMILES string of the molecule is CC1(C)OCCN(C(=O)OCC2c3ccccc3-c3ccccc32)C1CO. The average Bonchev–Trinajstić information content (AvgIpc) is 2.99. The molecule has 5 nitrogen and oxygen atoms in total. The van der Waals surface area contributed by atoms with Crippen molar-refractivity contribution in [2.45, 2.75) is 31.4 Å². The fraction of sp³-hybridized carbons (Fsp3) is 0.409. The fourth-order valence-electron chi connectivity index (χ4n) is 4.25. The average molecular weight is 367 g/mol. The molecule has 4 rings (SSSR count). The predicted octanol–water partition coefficient (Wildman–Crippen LogP) is 3.41. The van der Waals surface area contributed by atoms with Crippen LogP contribution in [0.15, 0.2) is 48.5 Å². The Balaban J connectivity index is 1.53. The van der Waals surface area contributed by atoms with Crippen LogP contribution in [0.4, 0.5) is 4.79 Å². The van der Waals surface area contributed by atoms with E-state index in [0.717, 1.165) is 0 Å².